The van der Waals surface area contributed by atoms with Crippen molar-refractivity contribution in [3.8, 4) is 0 Å². The van der Waals surface area contributed by atoms with Gasteiger partial charge in [0.2, 0.25) is 0 Å². The minimum atomic E-state index is 0.661. The molecule has 0 heterocycles. The van der Waals surface area contributed by atoms with E-state index in [0.717, 1.165) is 25.1 Å². The largest absolute Gasteiger partial charge is 0.383 e. The van der Waals surface area contributed by atoms with E-state index in [1.807, 2.05) is 7.11 Å². The topological polar surface area (TPSA) is 24.5 Å². The first-order chi connectivity index (χ1) is 9.77. The lowest BCUT2D eigenvalue weighted by Gasteiger charge is -2.42. The molecule has 1 N–H and O–H groups in total. The van der Waals surface area contributed by atoms with Crippen LogP contribution in [0.5, 0.6) is 0 Å². The molecule has 3 atom stereocenters. The molecule has 0 aromatic heterocycles. The van der Waals surface area contributed by atoms with Crippen molar-refractivity contribution in [2.24, 2.45) is 5.92 Å². The Bertz CT molecular complexity index is 266. The maximum Gasteiger partial charge on any atom is 0.0589 e. The highest BCUT2D eigenvalue weighted by Gasteiger charge is 2.37. The fraction of sp³-hybridized carbons (Fsp3) is 1.00. The lowest BCUT2D eigenvalue weighted by molar-refractivity contribution is 0.0553. The van der Waals surface area contributed by atoms with Crippen LogP contribution >= 0.6 is 0 Å². The second-order valence-corrected chi connectivity index (χ2v) is 6.76. The monoisotopic (exact) mass is 282 g/mol. The van der Waals surface area contributed by atoms with Crippen LogP contribution in [0.25, 0.3) is 0 Å². The SMILES string of the molecule is CNC1CCCCCCC1N(CCOC)C(C)C1CC1. The van der Waals surface area contributed by atoms with Crippen molar-refractivity contribution in [2.45, 2.75) is 76.4 Å². The third-order valence-electron chi connectivity index (χ3n) is 5.41. The molecule has 0 bridgehead atoms. The Balaban J connectivity index is 2.04. The summed E-state index contributed by atoms with van der Waals surface area (Å²) < 4.78 is 5.38. The van der Waals surface area contributed by atoms with Gasteiger partial charge in [-0.3, -0.25) is 4.90 Å². The van der Waals surface area contributed by atoms with Crippen molar-refractivity contribution < 1.29 is 4.74 Å². The van der Waals surface area contributed by atoms with Crippen LogP contribution in [0, 0.1) is 5.92 Å². The van der Waals surface area contributed by atoms with Crippen LogP contribution < -0.4 is 5.32 Å². The highest BCUT2D eigenvalue weighted by molar-refractivity contribution is 4.93. The standard InChI is InChI=1S/C17H34N2O/c1-14(15-10-11-15)19(12-13-20-3)17-9-7-5-4-6-8-16(17)18-2/h14-18H,4-13H2,1-3H3. The molecule has 3 heteroatoms. The predicted molar refractivity (Wildman–Crippen MR) is 85.1 cm³/mol. The number of nitrogens with one attached hydrogen (secondary N) is 1. The maximum atomic E-state index is 5.38. The van der Waals surface area contributed by atoms with E-state index in [9.17, 15) is 0 Å². The zero-order chi connectivity index (χ0) is 14.4. The highest BCUT2D eigenvalue weighted by atomic mass is 16.5. The molecule has 0 radical (unpaired) electrons. The number of methoxy groups -OCH3 is 1. The van der Waals surface area contributed by atoms with E-state index in [2.05, 4.69) is 24.2 Å². The van der Waals surface area contributed by atoms with Gasteiger partial charge in [-0.1, -0.05) is 25.7 Å². The number of nitrogens with zero attached hydrogens (tertiary/aromatic N) is 1. The zero-order valence-electron chi connectivity index (χ0n) is 13.7. The van der Waals surface area contributed by atoms with Crippen molar-refractivity contribution in [3.05, 3.63) is 0 Å². The summed E-state index contributed by atoms with van der Waals surface area (Å²) in [5.74, 6) is 0.940. The molecule has 0 aromatic carbocycles. The molecule has 0 amide bonds. The first kappa shape index (κ1) is 16.3. The molecule has 0 aliphatic heterocycles. The summed E-state index contributed by atoms with van der Waals surface area (Å²) in [6, 6.07) is 2.09. The van der Waals surface area contributed by atoms with Crippen molar-refractivity contribution in [1.29, 1.82) is 0 Å². The van der Waals surface area contributed by atoms with Crippen molar-refractivity contribution in [2.75, 3.05) is 27.3 Å². The molecular weight excluding hydrogens is 248 g/mol. The van der Waals surface area contributed by atoms with Gasteiger partial charge >= 0.3 is 0 Å². The second-order valence-electron chi connectivity index (χ2n) is 6.76. The zero-order valence-corrected chi connectivity index (χ0v) is 13.7. The van der Waals surface area contributed by atoms with Crippen LogP contribution in [0.1, 0.15) is 58.3 Å². The van der Waals surface area contributed by atoms with Crippen molar-refractivity contribution in [3.63, 3.8) is 0 Å². The van der Waals surface area contributed by atoms with E-state index in [-0.39, 0.29) is 0 Å². The van der Waals surface area contributed by atoms with E-state index in [1.54, 1.807) is 0 Å². The molecule has 2 aliphatic rings. The van der Waals surface area contributed by atoms with Gasteiger partial charge in [-0.15, -0.1) is 0 Å². The fourth-order valence-electron chi connectivity index (χ4n) is 3.92. The molecule has 2 aliphatic carbocycles. The minimum Gasteiger partial charge on any atom is -0.383 e. The van der Waals surface area contributed by atoms with Gasteiger partial charge in [0.1, 0.15) is 0 Å². The number of likely N-dealkylation sites (N-methyl/N-ethyl adjacent to an activating group) is 1. The molecule has 118 valence electrons. The summed E-state index contributed by atoms with van der Waals surface area (Å²) in [5.41, 5.74) is 0. The fourth-order valence-corrected chi connectivity index (χ4v) is 3.92. The Morgan fingerprint density at radius 2 is 1.80 bits per heavy atom. The molecule has 2 fully saturated rings. The molecule has 2 rings (SSSR count). The van der Waals surface area contributed by atoms with Gasteiger partial charge in [-0.2, -0.15) is 0 Å². The molecule has 0 saturated heterocycles. The van der Waals surface area contributed by atoms with E-state index < -0.39 is 0 Å². The maximum absolute atomic E-state index is 5.38. The summed E-state index contributed by atoms with van der Waals surface area (Å²) >= 11 is 0. The Labute approximate surface area is 125 Å². The lowest BCUT2D eigenvalue weighted by Crippen LogP contribution is -2.54. The summed E-state index contributed by atoms with van der Waals surface area (Å²) in [6.45, 7) is 4.40. The average Bonchev–Trinajstić information content (AvgIpc) is 3.25. The molecule has 0 aromatic rings. The van der Waals surface area contributed by atoms with Gasteiger partial charge in [-0.25, -0.2) is 0 Å². The quantitative estimate of drug-likeness (QED) is 0.777. The van der Waals surface area contributed by atoms with Gasteiger partial charge in [0.25, 0.3) is 0 Å². The van der Waals surface area contributed by atoms with Gasteiger partial charge < -0.3 is 10.1 Å². The Hall–Kier alpha value is -0.120. The number of hydrogen-bond acceptors (Lipinski definition) is 3. The van der Waals surface area contributed by atoms with Crippen LogP contribution in [-0.2, 0) is 4.74 Å². The average molecular weight is 282 g/mol. The third kappa shape index (κ3) is 4.44. The van der Waals surface area contributed by atoms with Gasteiger partial charge in [-0.05, 0) is 45.6 Å². The molecular formula is C17H34N2O. The molecule has 3 unspecified atom stereocenters. The molecule has 20 heavy (non-hydrogen) atoms. The first-order valence-electron chi connectivity index (χ1n) is 8.70. The van der Waals surface area contributed by atoms with Crippen LogP contribution in [0.15, 0.2) is 0 Å². The van der Waals surface area contributed by atoms with Crippen LogP contribution in [-0.4, -0.2) is 50.3 Å². The smallest absolute Gasteiger partial charge is 0.0589 e. The highest BCUT2D eigenvalue weighted by Crippen LogP contribution is 2.37. The lowest BCUT2D eigenvalue weighted by atomic mass is 9.90. The number of rotatable bonds is 7. The molecule has 2 saturated carbocycles. The second kappa shape index (κ2) is 8.35. The summed E-state index contributed by atoms with van der Waals surface area (Å²) in [5, 5.41) is 3.61. The van der Waals surface area contributed by atoms with Crippen molar-refractivity contribution >= 4 is 0 Å². The van der Waals surface area contributed by atoms with Gasteiger partial charge in [0, 0.05) is 31.8 Å². The Morgan fingerprint density at radius 3 is 2.40 bits per heavy atom. The van der Waals surface area contributed by atoms with E-state index in [0.29, 0.717) is 12.1 Å². The van der Waals surface area contributed by atoms with Gasteiger partial charge in [0.15, 0.2) is 0 Å². The predicted octanol–water partition coefficient (Wildman–Crippen LogP) is 3.04. The van der Waals surface area contributed by atoms with Gasteiger partial charge in [0.05, 0.1) is 6.61 Å². The summed E-state index contributed by atoms with van der Waals surface area (Å²) in [7, 11) is 3.98. The first-order valence-corrected chi connectivity index (χ1v) is 8.70. The summed E-state index contributed by atoms with van der Waals surface area (Å²) in [4.78, 5) is 2.77. The molecule has 0 spiro atoms. The van der Waals surface area contributed by atoms with Crippen LogP contribution in [0.2, 0.25) is 0 Å². The number of ether oxygens (including phenoxy) is 1. The summed E-state index contributed by atoms with van der Waals surface area (Å²) in [6.07, 6.45) is 11.2. The number of hydrogen-bond donors (Lipinski definition) is 1. The van der Waals surface area contributed by atoms with E-state index >= 15 is 0 Å². The van der Waals surface area contributed by atoms with E-state index in [4.69, 9.17) is 4.74 Å². The Kier molecular flexibility index (Phi) is 6.79. The van der Waals surface area contributed by atoms with Crippen LogP contribution in [0.4, 0.5) is 0 Å². The van der Waals surface area contributed by atoms with Crippen LogP contribution in [0.3, 0.4) is 0 Å². The van der Waals surface area contributed by atoms with Crippen molar-refractivity contribution in [1.82, 2.24) is 10.2 Å². The van der Waals surface area contributed by atoms with E-state index in [1.165, 1.54) is 51.4 Å². The Morgan fingerprint density at radius 1 is 1.10 bits per heavy atom. The normalized spacial score (nSPS) is 30.0. The minimum absolute atomic E-state index is 0.661. The molecule has 3 nitrogen and oxygen atoms in total. The third-order valence-corrected chi connectivity index (χ3v) is 5.41.